The largest absolute Gasteiger partial charge is 0.346 e. The number of aromatic nitrogens is 4. The Labute approximate surface area is 134 Å². The summed E-state index contributed by atoms with van der Waals surface area (Å²) in [6, 6.07) is 12.3. The van der Waals surface area contributed by atoms with E-state index in [9.17, 15) is 4.79 Å². The molecule has 1 aliphatic rings. The quantitative estimate of drug-likeness (QED) is 0.745. The van der Waals surface area contributed by atoms with E-state index in [0.717, 1.165) is 29.8 Å². The molecular formula is C18H18N4O. The summed E-state index contributed by atoms with van der Waals surface area (Å²) in [4.78, 5) is 16.9. The number of benzene rings is 1. The van der Waals surface area contributed by atoms with E-state index in [-0.39, 0.29) is 11.7 Å². The van der Waals surface area contributed by atoms with E-state index in [1.807, 2.05) is 28.8 Å². The highest BCUT2D eigenvalue weighted by Gasteiger charge is 2.30. The van der Waals surface area contributed by atoms with Crippen LogP contribution < -0.4 is 5.69 Å². The Morgan fingerprint density at radius 2 is 1.96 bits per heavy atom. The molecule has 23 heavy (non-hydrogen) atoms. The smallest absolute Gasteiger partial charge is 0.272 e. The topological polar surface area (TPSA) is 52.7 Å². The number of hydrogen-bond acceptors (Lipinski definition) is 3. The maximum atomic E-state index is 12.8. The molecule has 0 unspecified atom stereocenters. The van der Waals surface area contributed by atoms with Crippen LogP contribution in [0.2, 0.25) is 0 Å². The minimum absolute atomic E-state index is 0.0353. The third kappa shape index (κ3) is 2.70. The molecule has 1 saturated carbocycles. The van der Waals surface area contributed by atoms with Crippen molar-refractivity contribution in [2.75, 3.05) is 0 Å². The van der Waals surface area contributed by atoms with Gasteiger partial charge in [-0.3, -0.25) is 9.55 Å². The van der Waals surface area contributed by atoms with Crippen LogP contribution in [0.15, 0.2) is 53.6 Å². The van der Waals surface area contributed by atoms with Crippen molar-refractivity contribution >= 4 is 0 Å². The summed E-state index contributed by atoms with van der Waals surface area (Å²) < 4.78 is 3.39. The van der Waals surface area contributed by atoms with Gasteiger partial charge in [0.05, 0.1) is 6.54 Å². The maximum absolute atomic E-state index is 12.8. The molecule has 0 amide bonds. The zero-order valence-electron chi connectivity index (χ0n) is 13.0. The Hall–Kier alpha value is -2.69. The van der Waals surface area contributed by atoms with Gasteiger partial charge in [-0.1, -0.05) is 29.8 Å². The van der Waals surface area contributed by atoms with Gasteiger partial charge in [-0.15, -0.1) is 5.10 Å². The highest BCUT2D eigenvalue weighted by atomic mass is 16.2. The van der Waals surface area contributed by atoms with Gasteiger partial charge in [0.15, 0.2) is 5.82 Å². The summed E-state index contributed by atoms with van der Waals surface area (Å²) in [6.45, 7) is 2.55. The first-order valence-electron chi connectivity index (χ1n) is 7.87. The van der Waals surface area contributed by atoms with Crippen molar-refractivity contribution in [1.29, 1.82) is 0 Å². The summed E-state index contributed by atoms with van der Waals surface area (Å²) >= 11 is 0. The molecule has 5 heteroatoms. The van der Waals surface area contributed by atoms with Crippen LogP contribution in [-0.2, 0) is 6.54 Å². The van der Waals surface area contributed by atoms with Crippen molar-refractivity contribution in [1.82, 2.24) is 19.3 Å². The van der Waals surface area contributed by atoms with Gasteiger partial charge in [-0.25, -0.2) is 9.48 Å². The zero-order chi connectivity index (χ0) is 15.8. The summed E-state index contributed by atoms with van der Waals surface area (Å²) in [6.07, 6.45) is 5.58. The molecule has 0 bridgehead atoms. The molecule has 0 N–H and O–H groups in total. The predicted molar refractivity (Wildman–Crippen MR) is 88.3 cm³/mol. The fourth-order valence-corrected chi connectivity index (χ4v) is 2.74. The fraction of sp³-hybridized carbons (Fsp3) is 0.278. The lowest BCUT2D eigenvalue weighted by Crippen LogP contribution is -2.25. The van der Waals surface area contributed by atoms with Crippen LogP contribution in [0.5, 0.6) is 0 Å². The SMILES string of the molecule is Cc1ccc(Cn2nc(-c3cccnc3)n(C3CC3)c2=O)cc1. The molecule has 1 fully saturated rings. The molecule has 4 rings (SSSR count). The second kappa shape index (κ2) is 5.50. The van der Waals surface area contributed by atoms with Crippen LogP contribution in [0.3, 0.4) is 0 Å². The van der Waals surface area contributed by atoms with Gasteiger partial charge in [0.1, 0.15) is 0 Å². The van der Waals surface area contributed by atoms with E-state index >= 15 is 0 Å². The van der Waals surface area contributed by atoms with Gasteiger partial charge in [-0.05, 0) is 37.5 Å². The number of hydrogen-bond donors (Lipinski definition) is 0. The highest BCUT2D eigenvalue weighted by Crippen LogP contribution is 2.36. The number of pyridine rings is 1. The molecular weight excluding hydrogens is 288 g/mol. The summed E-state index contributed by atoms with van der Waals surface area (Å²) in [5, 5.41) is 4.59. The molecule has 2 aromatic heterocycles. The van der Waals surface area contributed by atoms with Crippen molar-refractivity contribution in [2.24, 2.45) is 0 Å². The minimum atomic E-state index is -0.0353. The Bertz CT molecular complexity index is 874. The van der Waals surface area contributed by atoms with Crippen molar-refractivity contribution in [3.05, 3.63) is 70.4 Å². The second-order valence-electron chi connectivity index (χ2n) is 6.09. The van der Waals surface area contributed by atoms with Crippen molar-refractivity contribution < 1.29 is 0 Å². The van der Waals surface area contributed by atoms with Crippen LogP contribution in [0, 0.1) is 6.92 Å². The predicted octanol–water partition coefficient (Wildman–Crippen LogP) is 2.80. The van der Waals surface area contributed by atoms with E-state index in [2.05, 4.69) is 29.1 Å². The zero-order valence-corrected chi connectivity index (χ0v) is 13.0. The molecule has 1 aliphatic carbocycles. The molecule has 116 valence electrons. The van der Waals surface area contributed by atoms with Crippen LogP contribution in [0.1, 0.15) is 30.0 Å². The lowest BCUT2D eigenvalue weighted by atomic mass is 10.1. The van der Waals surface area contributed by atoms with Gasteiger partial charge in [-0.2, -0.15) is 0 Å². The van der Waals surface area contributed by atoms with Gasteiger partial charge < -0.3 is 0 Å². The van der Waals surface area contributed by atoms with E-state index in [1.54, 1.807) is 17.1 Å². The lowest BCUT2D eigenvalue weighted by molar-refractivity contribution is 0.625. The first-order chi connectivity index (χ1) is 11.2. The summed E-state index contributed by atoms with van der Waals surface area (Å²) in [5.41, 5.74) is 3.14. The normalized spacial score (nSPS) is 14.1. The molecule has 5 nitrogen and oxygen atoms in total. The Balaban J connectivity index is 1.76. The van der Waals surface area contributed by atoms with Gasteiger partial charge in [0.2, 0.25) is 0 Å². The molecule has 3 aromatic rings. The van der Waals surface area contributed by atoms with Gasteiger partial charge >= 0.3 is 5.69 Å². The third-order valence-corrected chi connectivity index (χ3v) is 4.16. The van der Waals surface area contributed by atoms with Gasteiger partial charge in [0.25, 0.3) is 0 Å². The van der Waals surface area contributed by atoms with Crippen molar-refractivity contribution in [3.63, 3.8) is 0 Å². The summed E-state index contributed by atoms with van der Waals surface area (Å²) in [7, 11) is 0. The Kier molecular flexibility index (Phi) is 3.33. The van der Waals surface area contributed by atoms with Crippen molar-refractivity contribution in [2.45, 2.75) is 32.4 Å². The number of rotatable bonds is 4. The van der Waals surface area contributed by atoms with Crippen LogP contribution >= 0.6 is 0 Å². The van der Waals surface area contributed by atoms with Crippen LogP contribution in [0.25, 0.3) is 11.4 Å². The van der Waals surface area contributed by atoms with Crippen molar-refractivity contribution in [3.8, 4) is 11.4 Å². The minimum Gasteiger partial charge on any atom is -0.272 e. The molecule has 0 aliphatic heterocycles. The first-order valence-corrected chi connectivity index (χ1v) is 7.87. The molecule has 0 spiro atoms. The molecule has 0 atom stereocenters. The van der Waals surface area contributed by atoms with E-state index in [1.165, 1.54) is 5.56 Å². The molecule has 0 saturated heterocycles. The van der Waals surface area contributed by atoms with E-state index in [4.69, 9.17) is 0 Å². The Morgan fingerprint density at radius 3 is 2.61 bits per heavy atom. The van der Waals surface area contributed by atoms with Crippen LogP contribution in [0.4, 0.5) is 0 Å². The number of nitrogens with zero attached hydrogens (tertiary/aromatic N) is 4. The molecule has 1 aromatic carbocycles. The second-order valence-corrected chi connectivity index (χ2v) is 6.09. The standard InChI is InChI=1S/C18H18N4O/c1-13-4-6-14(7-5-13)12-21-18(23)22(16-8-9-16)17(20-21)15-3-2-10-19-11-15/h2-7,10-11,16H,8-9,12H2,1H3. The first kappa shape index (κ1) is 13.9. The van der Waals surface area contributed by atoms with E-state index in [0.29, 0.717) is 6.54 Å². The molecule has 0 radical (unpaired) electrons. The maximum Gasteiger partial charge on any atom is 0.346 e. The summed E-state index contributed by atoms with van der Waals surface area (Å²) in [5.74, 6) is 0.720. The Morgan fingerprint density at radius 1 is 1.17 bits per heavy atom. The molecule has 2 heterocycles. The monoisotopic (exact) mass is 306 g/mol. The fourth-order valence-electron chi connectivity index (χ4n) is 2.74. The lowest BCUT2D eigenvalue weighted by Gasteiger charge is -2.02. The van der Waals surface area contributed by atoms with E-state index < -0.39 is 0 Å². The highest BCUT2D eigenvalue weighted by molar-refractivity contribution is 5.53. The van der Waals surface area contributed by atoms with Gasteiger partial charge in [0, 0.05) is 24.0 Å². The van der Waals surface area contributed by atoms with Crippen LogP contribution in [-0.4, -0.2) is 19.3 Å². The number of aryl methyl sites for hydroxylation is 1. The average Bonchev–Trinajstić information content (AvgIpc) is 3.36. The average molecular weight is 306 g/mol. The third-order valence-electron chi connectivity index (χ3n) is 4.16.